The van der Waals surface area contributed by atoms with E-state index in [9.17, 15) is 8.42 Å². The minimum absolute atomic E-state index is 0.143. The van der Waals surface area contributed by atoms with Crippen molar-refractivity contribution in [2.24, 2.45) is 23.7 Å². The summed E-state index contributed by atoms with van der Waals surface area (Å²) < 4.78 is 28.9. The summed E-state index contributed by atoms with van der Waals surface area (Å²) in [5.41, 5.74) is 0. The molecule has 3 fully saturated rings. The van der Waals surface area contributed by atoms with Gasteiger partial charge in [-0.2, -0.15) is 0 Å². The van der Waals surface area contributed by atoms with Gasteiger partial charge in [0.1, 0.15) is 10.7 Å². The normalized spacial score (nSPS) is 36.6. The summed E-state index contributed by atoms with van der Waals surface area (Å²) in [5.74, 6) is 3.04. The highest BCUT2D eigenvalue weighted by Crippen LogP contribution is 2.65. The average molecular weight is 372 g/mol. The second-order valence-electron chi connectivity index (χ2n) is 6.39. The van der Waals surface area contributed by atoms with Gasteiger partial charge in [0.15, 0.2) is 0 Å². The van der Waals surface area contributed by atoms with Gasteiger partial charge in [-0.3, -0.25) is 0 Å². The molecule has 4 rings (SSSR count). The summed E-state index contributed by atoms with van der Waals surface area (Å²) in [6.45, 7) is 0. The lowest BCUT2D eigenvalue weighted by Crippen LogP contribution is -2.30. The van der Waals surface area contributed by atoms with Crippen molar-refractivity contribution in [2.45, 2.75) is 30.2 Å². The minimum Gasteiger partial charge on any atom is -0.372 e. The van der Waals surface area contributed by atoms with Gasteiger partial charge in [-0.1, -0.05) is 0 Å². The maximum Gasteiger partial charge on any atom is 0.244 e. The summed E-state index contributed by atoms with van der Waals surface area (Å²) in [7, 11) is -1.85. The molecule has 0 aromatic carbocycles. The van der Waals surface area contributed by atoms with E-state index in [1.165, 1.54) is 19.3 Å². The van der Waals surface area contributed by atoms with E-state index in [0.29, 0.717) is 22.1 Å². The van der Waals surface area contributed by atoms with Crippen LogP contribution in [0.2, 0.25) is 0 Å². The molecule has 7 heteroatoms. The fourth-order valence-electron chi connectivity index (χ4n) is 4.54. The van der Waals surface area contributed by atoms with Gasteiger partial charge >= 0.3 is 0 Å². The number of anilines is 1. The first-order valence-electron chi connectivity index (χ1n) is 7.37. The first-order valence-corrected chi connectivity index (χ1v) is 9.64. The number of pyridine rings is 1. The van der Waals surface area contributed by atoms with E-state index >= 15 is 0 Å². The van der Waals surface area contributed by atoms with Crippen molar-refractivity contribution in [2.75, 3.05) is 12.4 Å². The molecule has 2 bridgehead atoms. The number of nitrogens with one attached hydrogen (secondary N) is 2. The van der Waals surface area contributed by atoms with E-state index in [2.05, 4.69) is 31.0 Å². The van der Waals surface area contributed by atoms with E-state index in [1.54, 1.807) is 19.3 Å². The van der Waals surface area contributed by atoms with Gasteiger partial charge < -0.3 is 5.32 Å². The van der Waals surface area contributed by atoms with Crippen molar-refractivity contribution < 1.29 is 8.42 Å². The van der Waals surface area contributed by atoms with Crippen molar-refractivity contribution in [3.05, 3.63) is 16.7 Å². The molecule has 2 N–H and O–H groups in total. The Bertz CT molecular complexity index is 677. The molecule has 0 radical (unpaired) electrons. The van der Waals surface area contributed by atoms with Crippen LogP contribution in [0.1, 0.15) is 19.3 Å². The van der Waals surface area contributed by atoms with Gasteiger partial charge in [-0.25, -0.2) is 18.1 Å². The Balaban J connectivity index is 1.59. The molecule has 21 heavy (non-hydrogen) atoms. The summed E-state index contributed by atoms with van der Waals surface area (Å²) >= 11 is 3.29. The maximum atomic E-state index is 12.7. The number of fused-ring (bicyclic) bond motifs is 5. The molecule has 3 aliphatic rings. The number of hydrogen-bond acceptors (Lipinski definition) is 4. The molecule has 3 aliphatic carbocycles. The molecule has 3 saturated carbocycles. The van der Waals surface area contributed by atoms with Crippen LogP contribution in [0.15, 0.2) is 21.6 Å². The summed E-state index contributed by atoms with van der Waals surface area (Å²) in [6.07, 6.45) is 5.47. The van der Waals surface area contributed by atoms with Crippen LogP contribution in [0.25, 0.3) is 0 Å². The van der Waals surface area contributed by atoms with Gasteiger partial charge in [0.05, 0.1) is 0 Å². The highest BCUT2D eigenvalue weighted by atomic mass is 79.9. The first-order chi connectivity index (χ1) is 10.0. The maximum absolute atomic E-state index is 12.7. The van der Waals surface area contributed by atoms with E-state index in [-0.39, 0.29) is 10.9 Å². The minimum atomic E-state index is -3.53. The Hall–Kier alpha value is -0.660. The predicted octanol–water partition coefficient (Wildman–Crippen LogP) is 2.21. The van der Waals surface area contributed by atoms with Crippen LogP contribution < -0.4 is 10.0 Å². The third kappa shape index (κ3) is 2.12. The lowest BCUT2D eigenvalue weighted by molar-refractivity contribution is 0.456. The van der Waals surface area contributed by atoms with Crippen LogP contribution in [0.3, 0.4) is 0 Å². The van der Waals surface area contributed by atoms with Crippen molar-refractivity contribution in [1.29, 1.82) is 0 Å². The molecule has 0 aliphatic heterocycles. The second-order valence-corrected chi connectivity index (χ2v) is 8.98. The number of hydrogen-bond donors (Lipinski definition) is 2. The molecule has 5 nitrogen and oxygen atoms in total. The fraction of sp³-hybridized carbons (Fsp3) is 0.643. The SMILES string of the molecule is CNc1ncc(Br)cc1S(=O)(=O)NC1C2C3CCC(C3)C12. The number of halogens is 1. The number of rotatable bonds is 4. The van der Waals surface area contributed by atoms with Gasteiger partial charge in [0.25, 0.3) is 0 Å². The standard InChI is InChI=1S/C14H18BrN3O2S/c1-16-14-10(5-9(15)6-17-14)21(19,20)18-13-11-7-2-3-8(4-7)12(11)13/h5-8,11-13,18H,2-4H2,1H3,(H,16,17). The topological polar surface area (TPSA) is 71.1 Å². The van der Waals surface area contributed by atoms with Crippen LogP contribution in [0.4, 0.5) is 5.82 Å². The van der Waals surface area contributed by atoms with Gasteiger partial charge in [-0.05, 0) is 64.9 Å². The van der Waals surface area contributed by atoms with Crippen LogP contribution in [-0.2, 0) is 10.0 Å². The molecular weight excluding hydrogens is 354 g/mol. The Morgan fingerprint density at radius 3 is 2.57 bits per heavy atom. The average Bonchev–Trinajstić information content (AvgIpc) is 2.85. The summed E-state index contributed by atoms with van der Waals surface area (Å²) in [5, 5.41) is 2.85. The monoisotopic (exact) mass is 371 g/mol. The van der Waals surface area contributed by atoms with Gasteiger partial charge in [0, 0.05) is 23.8 Å². The predicted molar refractivity (Wildman–Crippen MR) is 83.4 cm³/mol. The van der Waals surface area contributed by atoms with Crippen molar-refractivity contribution in [3.8, 4) is 0 Å². The van der Waals surface area contributed by atoms with E-state index in [1.807, 2.05) is 0 Å². The van der Waals surface area contributed by atoms with E-state index < -0.39 is 10.0 Å². The molecule has 1 aromatic heterocycles. The number of sulfonamides is 1. The zero-order valence-electron chi connectivity index (χ0n) is 11.7. The third-order valence-electron chi connectivity index (χ3n) is 5.37. The fourth-order valence-corrected chi connectivity index (χ4v) is 6.51. The lowest BCUT2D eigenvalue weighted by Gasteiger charge is -2.13. The Morgan fingerprint density at radius 1 is 1.29 bits per heavy atom. The van der Waals surface area contributed by atoms with E-state index in [4.69, 9.17) is 0 Å². The van der Waals surface area contributed by atoms with Crippen molar-refractivity contribution in [1.82, 2.24) is 9.71 Å². The molecular formula is C14H18BrN3O2S. The largest absolute Gasteiger partial charge is 0.372 e. The molecule has 1 aromatic rings. The molecule has 0 spiro atoms. The van der Waals surface area contributed by atoms with Gasteiger partial charge in [-0.15, -0.1) is 0 Å². The van der Waals surface area contributed by atoms with Crippen LogP contribution in [0, 0.1) is 23.7 Å². The smallest absolute Gasteiger partial charge is 0.244 e. The molecule has 0 saturated heterocycles. The molecule has 0 amide bonds. The summed E-state index contributed by atoms with van der Waals surface area (Å²) in [4.78, 5) is 4.35. The first kappa shape index (κ1) is 14.0. The number of nitrogens with zero attached hydrogens (tertiary/aromatic N) is 1. The zero-order valence-corrected chi connectivity index (χ0v) is 14.1. The highest BCUT2D eigenvalue weighted by Gasteiger charge is 2.65. The van der Waals surface area contributed by atoms with Crippen LogP contribution >= 0.6 is 15.9 Å². The molecule has 4 atom stereocenters. The van der Waals surface area contributed by atoms with E-state index in [0.717, 1.165) is 11.8 Å². The zero-order chi connectivity index (χ0) is 14.8. The Labute approximate surface area is 133 Å². The quantitative estimate of drug-likeness (QED) is 0.850. The third-order valence-corrected chi connectivity index (χ3v) is 7.28. The van der Waals surface area contributed by atoms with Crippen molar-refractivity contribution in [3.63, 3.8) is 0 Å². The van der Waals surface area contributed by atoms with Crippen molar-refractivity contribution >= 4 is 31.8 Å². The highest BCUT2D eigenvalue weighted by molar-refractivity contribution is 9.10. The Kier molecular flexibility index (Phi) is 3.10. The second kappa shape index (κ2) is 4.67. The lowest BCUT2D eigenvalue weighted by atomic mass is 10.0. The molecule has 1 heterocycles. The molecule has 4 unspecified atom stereocenters. The van der Waals surface area contributed by atoms with Crippen LogP contribution in [-0.4, -0.2) is 26.5 Å². The summed E-state index contributed by atoms with van der Waals surface area (Å²) in [6, 6.07) is 1.75. The number of aromatic nitrogens is 1. The Morgan fingerprint density at radius 2 is 1.95 bits per heavy atom. The van der Waals surface area contributed by atoms with Crippen LogP contribution in [0.5, 0.6) is 0 Å². The van der Waals surface area contributed by atoms with Gasteiger partial charge in [0.2, 0.25) is 10.0 Å². The molecule has 114 valence electrons.